The maximum atomic E-state index is 4.87. The number of aryl methyl sites for hydroxylation is 2. The normalized spacial score (nSPS) is 22.0. The quantitative estimate of drug-likeness (QED) is 0.0714. The number of rotatable bonds is 22. The van der Waals surface area contributed by atoms with Crippen LogP contribution in [-0.2, 0) is 0 Å². The van der Waals surface area contributed by atoms with E-state index < -0.39 is 0 Å². The Morgan fingerprint density at radius 3 is 2.11 bits per heavy atom. The number of hydrogen-bond donors (Lipinski definition) is 1. The van der Waals surface area contributed by atoms with Crippen LogP contribution in [0, 0.1) is 13.8 Å². The van der Waals surface area contributed by atoms with Gasteiger partial charge in [0, 0.05) is 87.4 Å². The van der Waals surface area contributed by atoms with Gasteiger partial charge in [0.05, 0.1) is 29.5 Å². The molecule has 1 N–H and O–H groups in total. The summed E-state index contributed by atoms with van der Waals surface area (Å²) < 4.78 is 0. The summed E-state index contributed by atoms with van der Waals surface area (Å²) in [5.74, 6) is 1.22. The van der Waals surface area contributed by atoms with E-state index in [-0.39, 0.29) is 12.1 Å². The molecule has 0 spiro atoms. The molecule has 2 fully saturated rings. The molecule has 0 amide bonds. The Kier molecular flexibility index (Phi) is 19.8. The Morgan fingerprint density at radius 1 is 0.823 bits per heavy atom. The van der Waals surface area contributed by atoms with Gasteiger partial charge in [-0.1, -0.05) is 51.6 Å². The Morgan fingerprint density at radius 2 is 1.47 bits per heavy atom. The molecule has 0 saturated carbocycles. The number of aromatic nitrogens is 2. The van der Waals surface area contributed by atoms with Crippen molar-refractivity contribution in [1.29, 1.82) is 0 Å². The minimum absolute atomic E-state index is 0.259. The molecule has 4 unspecified atom stereocenters. The highest BCUT2D eigenvalue weighted by atomic mass is 15.3. The van der Waals surface area contributed by atoms with Gasteiger partial charge in [-0.2, -0.15) is 0 Å². The molecule has 62 heavy (non-hydrogen) atoms. The van der Waals surface area contributed by atoms with Crippen LogP contribution >= 0.6 is 0 Å². The summed E-state index contributed by atoms with van der Waals surface area (Å²) >= 11 is 0. The SMILES string of the molecule is C=C1C=CC=C(N(CCC)CCCCN(/C=C(\NC=CC=CC=NCCC)C2CCCC(c3ncccc3C)N2C)CCC)N1/C=C(\C)C1CCCC(c2ncccc2C)N1C. The summed E-state index contributed by atoms with van der Waals surface area (Å²) in [6.45, 7) is 22.8. The smallest absolute Gasteiger partial charge is 0.113 e. The molecule has 3 aliphatic heterocycles. The molecule has 9 heteroatoms. The number of piperidine rings is 2. The number of nitrogens with zero attached hydrogens (tertiary/aromatic N) is 8. The molecule has 4 atom stereocenters. The van der Waals surface area contributed by atoms with Gasteiger partial charge in [-0.05, 0) is 159 Å². The standard InChI is InChI=1S/C53H79N9/c1-10-31-54-32-14-13-15-33-55-46(48-27-20-29-50(59(48)9)53-43(5)24-22-35-57-53)41-60(36-11-2)38-16-17-39-61(37-12-3)51-30-18-25-45(7)62(51)40-44(6)47-26-19-28-49(58(47)8)52-42(4)23-21-34-56-52/h13-15,18,21-25,30,32-35,40-41,47-50,55H,7,10-12,16-17,19-20,26-29,31,36-39H2,1-6,8-9H3/b14-13?,33-15?,44-40+,46-41-,54-32?. The molecule has 0 radical (unpaired) electrons. The molecular formula is C53H79N9. The van der Waals surface area contributed by atoms with E-state index in [4.69, 9.17) is 9.97 Å². The Hall–Kier alpha value is -4.73. The lowest BCUT2D eigenvalue weighted by molar-refractivity contribution is 0.128. The fourth-order valence-electron chi connectivity index (χ4n) is 9.53. The molecular weight excluding hydrogens is 763 g/mol. The minimum atomic E-state index is 0.259. The summed E-state index contributed by atoms with van der Waals surface area (Å²) in [7, 11) is 4.57. The predicted molar refractivity (Wildman–Crippen MR) is 262 cm³/mol. The van der Waals surface area contributed by atoms with E-state index in [0.29, 0.717) is 12.1 Å². The average Bonchev–Trinajstić information content (AvgIpc) is 3.26. The van der Waals surface area contributed by atoms with Crippen molar-refractivity contribution in [2.75, 3.05) is 46.8 Å². The average molecular weight is 842 g/mol. The van der Waals surface area contributed by atoms with E-state index in [9.17, 15) is 0 Å². The molecule has 0 bridgehead atoms. The van der Waals surface area contributed by atoms with Crippen LogP contribution in [0.3, 0.4) is 0 Å². The molecule has 5 heterocycles. The largest absolute Gasteiger partial charge is 0.376 e. The molecule has 5 rings (SSSR count). The first-order chi connectivity index (χ1) is 30.2. The first-order valence-electron chi connectivity index (χ1n) is 23.8. The fourth-order valence-corrected chi connectivity index (χ4v) is 9.53. The van der Waals surface area contributed by atoms with E-state index in [1.165, 1.54) is 52.4 Å². The second-order valence-corrected chi connectivity index (χ2v) is 17.5. The third-order valence-corrected chi connectivity index (χ3v) is 12.8. The van der Waals surface area contributed by atoms with E-state index in [0.717, 1.165) is 96.2 Å². The Bertz CT molecular complexity index is 1920. The molecule has 2 aromatic rings. The topological polar surface area (TPSA) is 66.4 Å². The van der Waals surface area contributed by atoms with Crippen molar-refractivity contribution in [3.8, 4) is 0 Å². The van der Waals surface area contributed by atoms with Crippen molar-refractivity contribution in [2.24, 2.45) is 4.99 Å². The van der Waals surface area contributed by atoms with Crippen LogP contribution < -0.4 is 5.32 Å². The maximum absolute atomic E-state index is 4.87. The van der Waals surface area contributed by atoms with Crippen molar-refractivity contribution in [3.63, 3.8) is 0 Å². The van der Waals surface area contributed by atoms with Crippen molar-refractivity contribution in [3.05, 3.63) is 144 Å². The Balaban J connectivity index is 1.29. The lowest BCUT2D eigenvalue weighted by Gasteiger charge is -2.42. The molecule has 336 valence electrons. The zero-order valence-corrected chi connectivity index (χ0v) is 39.6. The third-order valence-electron chi connectivity index (χ3n) is 12.8. The second-order valence-electron chi connectivity index (χ2n) is 17.5. The number of pyridine rings is 2. The van der Waals surface area contributed by atoms with Crippen LogP contribution in [0.25, 0.3) is 0 Å². The van der Waals surface area contributed by atoms with Crippen molar-refractivity contribution >= 4 is 6.21 Å². The lowest BCUT2D eigenvalue weighted by Crippen LogP contribution is -2.43. The molecule has 2 aromatic heterocycles. The van der Waals surface area contributed by atoms with Gasteiger partial charge in [0.25, 0.3) is 0 Å². The Labute approximate surface area is 376 Å². The lowest BCUT2D eigenvalue weighted by atomic mass is 9.89. The molecule has 0 aliphatic carbocycles. The van der Waals surface area contributed by atoms with E-state index >= 15 is 0 Å². The van der Waals surface area contributed by atoms with Crippen LogP contribution in [0.15, 0.2) is 126 Å². The second kappa shape index (κ2) is 25.4. The van der Waals surface area contributed by atoms with Gasteiger partial charge in [-0.3, -0.25) is 24.8 Å². The highest BCUT2D eigenvalue weighted by Crippen LogP contribution is 2.38. The highest BCUT2D eigenvalue weighted by Gasteiger charge is 2.34. The number of unbranched alkanes of at least 4 members (excludes halogenated alkanes) is 1. The number of allylic oxidation sites excluding steroid dienone is 6. The number of aliphatic imine (C=N–C) groups is 1. The summed E-state index contributed by atoms with van der Waals surface area (Å²) in [5, 5.41) is 3.76. The van der Waals surface area contributed by atoms with Gasteiger partial charge in [-0.25, -0.2) is 0 Å². The van der Waals surface area contributed by atoms with E-state index in [1.807, 2.05) is 36.8 Å². The minimum Gasteiger partial charge on any atom is -0.376 e. The molecule has 0 aromatic carbocycles. The zero-order chi connectivity index (χ0) is 44.3. The van der Waals surface area contributed by atoms with Crippen LogP contribution in [0.4, 0.5) is 0 Å². The van der Waals surface area contributed by atoms with Crippen LogP contribution in [0.5, 0.6) is 0 Å². The van der Waals surface area contributed by atoms with Crippen molar-refractivity contribution < 1.29 is 0 Å². The molecule has 2 saturated heterocycles. The van der Waals surface area contributed by atoms with Crippen LogP contribution in [0.1, 0.15) is 133 Å². The summed E-state index contributed by atoms with van der Waals surface area (Å²) in [4.78, 5) is 26.7. The van der Waals surface area contributed by atoms with Crippen molar-refractivity contribution in [1.82, 2.24) is 39.8 Å². The zero-order valence-electron chi connectivity index (χ0n) is 39.6. The number of likely N-dealkylation sites (tertiary alicyclic amines) is 2. The van der Waals surface area contributed by atoms with Gasteiger partial charge in [-0.15, -0.1) is 0 Å². The first-order valence-corrected chi connectivity index (χ1v) is 23.8. The maximum Gasteiger partial charge on any atom is 0.113 e. The summed E-state index contributed by atoms with van der Waals surface area (Å²) in [6, 6.07) is 9.71. The van der Waals surface area contributed by atoms with Gasteiger partial charge in [0.2, 0.25) is 0 Å². The first kappa shape index (κ1) is 48.3. The van der Waals surface area contributed by atoms with Crippen molar-refractivity contribution in [2.45, 2.75) is 136 Å². The summed E-state index contributed by atoms with van der Waals surface area (Å²) in [6.07, 6.45) is 37.7. The summed E-state index contributed by atoms with van der Waals surface area (Å²) in [5.41, 5.74) is 8.59. The van der Waals surface area contributed by atoms with Gasteiger partial charge >= 0.3 is 0 Å². The van der Waals surface area contributed by atoms with Gasteiger partial charge in [0.1, 0.15) is 5.82 Å². The number of hydrogen-bond acceptors (Lipinski definition) is 9. The fraction of sp³-hybridized carbons (Fsp3) is 0.528. The highest BCUT2D eigenvalue weighted by molar-refractivity contribution is 5.71. The molecule has 9 nitrogen and oxygen atoms in total. The monoisotopic (exact) mass is 842 g/mol. The van der Waals surface area contributed by atoms with Gasteiger partial charge in [0.15, 0.2) is 0 Å². The number of likely N-dealkylation sites (N-methyl/N-ethyl adjacent to an activating group) is 2. The number of nitrogens with one attached hydrogen (secondary N) is 1. The predicted octanol–water partition coefficient (Wildman–Crippen LogP) is 11.2. The van der Waals surface area contributed by atoms with Crippen LogP contribution in [0.2, 0.25) is 0 Å². The van der Waals surface area contributed by atoms with Gasteiger partial charge < -0.3 is 20.0 Å². The molecule has 3 aliphatic rings. The van der Waals surface area contributed by atoms with Crippen LogP contribution in [-0.4, -0.2) is 99.6 Å². The van der Waals surface area contributed by atoms with E-state index in [2.05, 4.69) is 158 Å². The van der Waals surface area contributed by atoms with E-state index in [1.54, 1.807) is 0 Å². The third kappa shape index (κ3) is 13.4.